The maximum Gasteiger partial charge on any atom is 0.251 e. The van der Waals surface area contributed by atoms with Gasteiger partial charge >= 0.3 is 0 Å². The third-order valence-corrected chi connectivity index (χ3v) is 4.90. The lowest BCUT2D eigenvalue weighted by atomic mass is 9.87. The molecule has 21 heavy (non-hydrogen) atoms. The largest absolute Gasteiger partial charge is 0.348 e. The van der Waals surface area contributed by atoms with E-state index in [0.29, 0.717) is 12.1 Å². The van der Waals surface area contributed by atoms with Crippen LogP contribution in [0.1, 0.15) is 52.7 Å². The molecule has 0 saturated carbocycles. The van der Waals surface area contributed by atoms with Gasteiger partial charge in [0.15, 0.2) is 0 Å². The summed E-state index contributed by atoms with van der Waals surface area (Å²) in [5, 5.41) is 5.11. The van der Waals surface area contributed by atoms with Crippen molar-refractivity contribution in [1.82, 2.24) is 5.32 Å². The lowest BCUT2D eigenvalue weighted by Crippen LogP contribution is -2.23. The molecule has 0 fully saturated rings. The smallest absolute Gasteiger partial charge is 0.251 e. The molecular formula is C18H23NOS. The second-order valence-corrected chi connectivity index (χ2v) is 7.54. The molecule has 0 aliphatic heterocycles. The predicted octanol–water partition coefficient (Wildman–Crippen LogP) is 4.59. The maximum absolute atomic E-state index is 12.2. The Balaban J connectivity index is 2.02. The van der Waals surface area contributed by atoms with Crippen LogP contribution in [0.4, 0.5) is 0 Å². The molecule has 0 saturated heterocycles. The van der Waals surface area contributed by atoms with Crippen molar-refractivity contribution in [3.05, 3.63) is 56.8 Å². The topological polar surface area (TPSA) is 29.1 Å². The average Bonchev–Trinajstić information content (AvgIpc) is 2.75. The molecule has 0 spiro atoms. The van der Waals surface area contributed by atoms with Gasteiger partial charge in [-0.3, -0.25) is 4.79 Å². The van der Waals surface area contributed by atoms with Crippen LogP contribution in [-0.4, -0.2) is 5.91 Å². The molecule has 0 aliphatic rings. The molecule has 1 aromatic carbocycles. The molecule has 0 atom stereocenters. The van der Waals surface area contributed by atoms with Crippen LogP contribution in [-0.2, 0) is 12.0 Å². The van der Waals surface area contributed by atoms with E-state index in [1.54, 1.807) is 11.3 Å². The highest BCUT2D eigenvalue weighted by Crippen LogP contribution is 2.22. The quantitative estimate of drug-likeness (QED) is 0.882. The Kier molecular flexibility index (Phi) is 4.52. The Morgan fingerprint density at radius 2 is 1.76 bits per heavy atom. The van der Waals surface area contributed by atoms with Crippen molar-refractivity contribution in [2.45, 2.75) is 46.6 Å². The lowest BCUT2D eigenvalue weighted by molar-refractivity contribution is 0.0951. The zero-order chi connectivity index (χ0) is 15.6. The minimum atomic E-state index is -0.0151. The summed E-state index contributed by atoms with van der Waals surface area (Å²) in [5.74, 6) is -0.0151. The number of benzene rings is 1. The first-order valence-electron chi connectivity index (χ1n) is 7.21. The van der Waals surface area contributed by atoms with Crippen molar-refractivity contribution in [2.75, 3.05) is 0 Å². The first-order chi connectivity index (χ1) is 9.79. The van der Waals surface area contributed by atoms with E-state index in [0.717, 1.165) is 0 Å². The van der Waals surface area contributed by atoms with Crippen LogP contribution in [0.15, 0.2) is 29.6 Å². The summed E-state index contributed by atoms with van der Waals surface area (Å²) in [5.41, 5.74) is 4.55. The summed E-state index contributed by atoms with van der Waals surface area (Å²) in [4.78, 5) is 13.5. The molecule has 0 unspecified atom stereocenters. The second kappa shape index (κ2) is 6.02. The highest BCUT2D eigenvalue weighted by Gasteiger charge is 2.14. The summed E-state index contributed by atoms with van der Waals surface area (Å²) in [7, 11) is 0. The van der Waals surface area contributed by atoms with Crippen LogP contribution >= 0.6 is 11.3 Å². The van der Waals surface area contributed by atoms with Gasteiger partial charge in [-0.2, -0.15) is 0 Å². The normalized spacial score (nSPS) is 11.5. The van der Waals surface area contributed by atoms with E-state index in [-0.39, 0.29) is 11.3 Å². The van der Waals surface area contributed by atoms with Crippen LogP contribution in [0.3, 0.4) is 0 Å². The minimum absolute atomic E-state index is 0.0151. The fourth-order valence-corrected chi connectivity index (χ4v) is 3.02. The number of hydrogen-bond acceptors (Lipinski definition) is 2. The fourth-order valence-electron chi connectivity index (χ4n) is 2.14. The molecular weight excluding hydrogens is 278 g/mol. The molecule has 0 bridgehead atoms. The molecule has 2 nitrogen and oxygen atoms in total. The van der Waals surface area contributed by atoms with Crippen molar-refractivity contribution >= 4 is 17.2 Å². The number of nitrogens with one attached hydrogen (secondary N) is 1. The predicted molar refractivity (Wildman–Crippen MR) is 90.1 cm³/mol. The summed E-state index contributed by atoms with van der Waals surface area (Å²) < 4.78 is 0. The van der Waals surface area contributed by atoms with E-state index < -0.39 is 0 Å². The Hall–Kier alpha value is -1.61. The first-order valence-corrected chi connectivity index (χ1v) is 8.09. The Bertz CT molecular complexity index is 632. The number of rotatable bonds is 3. The number of carbonyl (C=O) groups is 1. The number of hydrogen-bond donors (Lipinski definition) is 1. The molecule has 1 amide bonds. The van der Waals surface area contributed by atoms with Gasteiger partial charge in [-0.1, -0.05) is 32.9 Å². The van der Waals surface area contributed by atoms with Gasteiger partial charge in [0.25, 0.3) is 5.91 Å². The molecule has 3 heteroatoms. The molecule has 2 aromatic rings. The van der Waals surface area contributed by atoms with E-state index in [9.17, 15) is 4.79 Å². The van der Waals surface area contributed by atoms with Crippen molar-refractivity contribution in [1.29, 1.82) is 0 Å². The van der Waals surface area contributed by atoms with E-state index in [4.69, 9.17) is 0 Å². The Morgan fingerprint density at radius 3 is 2.24 bits per heavy atom. The average molecular weight is 301 g/mol. The Morgan fingerprint density at radius 1 is 1.14 bits per heavy atom. The van der Waals surface area contributed by atoms with Crippen molar-refractivity contribution in [3.8, 4) is 0 Å². The number of thiophene rings is 1. The van der Waals surface area contributed by atoms with Gasteiger partial charge in [0, 0.05) is 17.0 Å². The summed E-state index contributed by atoms with van der Waals surface area (Å²) in [6.45, 7) is 11.3. The second-order valence-electron chi connectivity index (χ2n) is 6.45. The van der Waals surface area contributed by atoms with Gasteiger partial charge in [0.2, 0.25) is 0 Å². The van der Waals surface area contributed by atoms with Crippen molar-refractivity contribution < 1.29 is 4.79 Å². The monoisotopic (exact) mass is 301 g/mol. The van der Waals surface area contributed by atoms with Crippen LogP contribution in [0.2, 0.25) is 0 Å². The first kappa shape index (κ1) is 15.8. The van der Waals surface area contributed by atoms with E-state index >= 15 is 0 Å². The van der Waals surface area contributed by atoms with Crippen LogP contribution in [0.25, 0.3) is 0 Å². The fraction of sp³-hybridized carbons (Fsp3) is 0.389. The van der Waals surface area contributed by atoms with E-state index in [1.807, 2.05) is 24.3 Å². The molecule has 1 aromatic heterocycles. The van der Waals surface area contributed by atoms with Crippen LogP contribution in [0, 0.1) is 13.8 Å². The molecule has 2 rings (SSSR count). The van der Waals surface area contributed by atoms with Crippen LogP contribution < -0.4 is 5.32 Å². The van der Waals surface area contributed by atoms with E-state index in [1.165, 1.54) is 21.6 Å². The van der Waals surface area contributed by atoms with Gasteiger partial charge in [-0.05, 0) is 53.5 Å². The zero-order valence-corrected chi connectivity index (χ0v) is 14.2. The lowest BCUT2D eigenvalue weighted by Gasteiger charge is -2.19. The standard InChI is InChI=1S/C18H23NOS/c1-12-13(2)21-11-15(12)10-19-17(20)14-6-8-16(9-7-14)18(3,4)5/h6-9,11H,10H2,1-5H3,(H,19,20). The number of carbonyl (C=O) groups excluding carboxylic acids is 1. The van der Waals surface area contributed by atoms with Gasteiger partial charge in [-0.25, -0.2) is 0 Å². The molecule has 1 heterocycles. The maximum atomic E-state index is 12.2. The molecule has 0 radical (unpaired) electrons. The van der Waals surface area contributed by atoms with Crippen LogP contribution in [0.5, 0.6) is 0 Å². The van der Waals surface area contributed by atoms with Crippen molar-refractivity contribution in [2.24, 2.45) is 0 Å². The number of aryl methyl sites for hydroxylation is 1. The summed E-state index contributed by atoms with van der Waals surface area (Å²) in [6.07, 6.45) is 0. The van der Waals surface area contributed by atoms with E-state index in [2.05, 4.69) is 45.3 Å². The SMILES string of the molecule is Cc1scc(CNC(=O)c2ccc(C(C)(C)C)cc2)c1C. The van der Waals surface area contributed by atoms with Crippen molar-refractivity contribution in [3.63, 3.8) is 0 Å². The Labute approximate surface area is 131 Å². The van der Waals surface area contributed by atoms with Gasteiger partial charge < -0.3 is 5.32 Å². The number of amides is 1. The highest BCUT2D eigenvalue weighted by molar-refractivity contribution is 7.10. The third-order valence-electron chi connectivity index (χ3n) is 3.84. The molecule has 0 aliphatic carbocycles. The highest BCUT2D eigenvalue weighted by atomic mass is 32.1. The third kappa shape index (κ3) is 3.73. The molecule has 1 N–H and O–H groups in total. The molecule has 112 valence electrons. The van der Waals surface area contributed by atoms with Gasteiger partial charge in [0.05, 0.1) is 0 Å². The summed E-state index contributed by atoms with van der Waals surface area (Å²) in [6, 6.07) is 7.88. The van der Waals surface area contributed by atoms with Gasteiger partial charge in [0.1, 0.15) is 0 Å². The zero-order valence-electron chi connectivity index (χ0n) is 13.4. The summed E-state index contributed by atoms with van der Waals surface area (Å²) >= 11 is 1.73. The minimum Gasteiger partial charge on any atom is -0.348 e. The van der Waals surface area contributed by atoms with Gasteiger partial charge in [-0.15, -0.1) is 11.3 Å².